The van der Waals surface area contributed by atoms with Crippen molar-refractivity contribution in [3.63, 3.8) is 0 Å². The first kappa shape index (κ1) is 22.3. The summed E-state index contributed by atoms with van der Waals surface area (Å²) in [7, 11) is 3.44. The topological polar surface area (TPSA) is 74.8 Å². The molecule has 3 N–H and O–H groups in total. The van der Waals surface area contributed by atoms with E-state index in [-0.39, 0.29) is 5.91 Å². The molecule has 2 aromatic carbocycles. The van der Waals surface area contributed by atoms with Crippen LogP contribution < -0.4 is 20.7 Å². The summed E-state index contributed by atoms with van der Waals surface area (Å²) < 4.78 is 5.38. The smallest absolute Gasteiger partial charge is 0.251 e. The molecule has 6 heteroatoms. The molecule has 0 aromatic heterocycles. The molecule has 2 rings (SSSR count). The number of nitrogens with zero attached hydrogens (tertiary/aromatic N) is 1. The Balaban J connectivity index is 1.84. The molecule has 29 heavy (non-hydrogen) atoms. The number of nitrogens with one attached hydrogen (secondary N) is 3. The van der Waals surface area contributed by atoms with E-state index in [2.05, 4.69) is 39.1 Å². The highest BCUT2D eigenvalue weighted by molar-refractivity contribution is 5.94. The highest BCUT2D eigenvalue weighted by Crippen LogP contribution is 2.19. The number of aliphatic imine (C=N–C) groups is 1. The van der Waals surface area contributed by atoms with Crippen LogP contribution in [0.15, 0.2) is 47.5 Å². The lowest BCUT2D eigenvalue weighted by Gasteiger charge is -2.13. The maximum Gasteiger partial charge on any atom is 0.251 e. The standard InChI is InChI=1S/C23H32N4O2/c1-5-12-25-22(28)20-8-6-7-19(14-20)16-27-23(24-3)26-13-11-18-10-9-17(2)21(15-18)29-4/h6-10,14-15H,5,11-13,16H2,1-4H3,(H,25,28)(H2,24,26,27). The minimum absolute atomic E-state index is 0.0373. The van der Waals surface area contributed by atoms with Crippen LogP contribution in [0.1, 0.15) is 40.4 Å². The number of benzene rings is 2. The first-order valence-electron chi connectivity index (χ1n) is 10.0. The summed E-state index contributed by atoms with van der Waals surface area (Å²) in [5.74, 6) is 1.60. The van der Waals surface area contributed by atoms with Crippen LogP contribution in [-0.4, -0.2) is 39.1 Å². The molecule has 0 radical (unpaired) electrons. The van der Waals surface area contributed by atoms with Crippen LogP contribution in [0.5, 0.6) is 5.75 Å². The van der Waals surface area contributed by atoms with E-state index in [0.717, 1.165) is 42.2 Å². The number of amides is 1. The first-order chi connectivity index (χ1) is 14.1. The monoisotopic (exact) mass is 396 g/mol. The van der Waals surface area contributed by atoms with Gasteiger partial charge in [0.1, 0.15) is 5.75 Å². The number of hydrogen-bond donors (Lipinski definition) is 3. The Hall–Kier alpha value is -3.02. The Kier molecular flexibility index (Phi) is 9.02. The van der Waals surface area contributed by atoms with Gasteiger partial charge in [-0.15, -0.1) is 0 Å². The SMILES string of the molecule is CCCNC(=O)c1cccc(CNC(=NC)NCCc2ccc(C)c(OC)c2)c1. The summed E-state index contributed by atoms with van der Waals surface area (Å²) >= 11 is 0. The summed E-state index contributed by atoms with van der Waals surface area (Å²) in [5.41, 5.74) is 4.04. The minimum atomic E-state index is -0.0373. The molecule has 2 aromatic rings. The molecule has 0 fully saturated rings. The normalized spacial score (nSPS) is 11.1. The highest BCUT2D eigenvalue weighted by atomic mass is 16.5. The van der Waals surface area contributed by atoms with Gasteiger partial charge in [0.25, 0.3) is 5.91 Å². The number of ether oxygens (including phenoxy) is 1. The second kappa shape index (κ2) is 11.7. The summed E-state index contributed by atoms with van der Waals surface area (Å²) in [6.07, 6.45) is 1.79. The van der Waals surface area contributed by atoms with Gasteiger partial charge >= 0.3 is 0 Å². The predicted molar refractivity (Wildman–Crippen MR) is 119 cm³/mol. The summed E-state index contributed by atoms with van der Waals surface area (Å²) in [4.78, 5) is 16.4. The van der Waals surface area contributed by atoms with Crippen molar-refractivity contribution in [2.45, 2.75) is 33.2 Å². The van der Waals surface area contributed by atoms with E-state index in [0.29, 0.717) is 18.7 Å². The molecular formula is C23H32N4O2. The maximum absolute atomic E-state index is 12.1. The number of hydrogen-bond acceptors (Lipinski definition) is 3. The Labute approximate surface area is 173 Å². The van der Waals surface area contributed by atoms with E-state index in [4.69, 9.17) is 4.74 Å². The fourth-order valence-electron chi connectivity index (χ4n) is 2.91. The Morgan fingerprint density at radius 1 is 1.03 bits per heavy atom. The Bertz CT molecular complexity index is 833. The molecule has 0 saturated carbocycles. The predicted octanol–water partition coefficient (Wildman–Crippen LogP) is 3.05. The van der Waals surface area contributed by atoms with E-state index >= 15 is 0 Å². The molecule has 0 unspecified atom stereocenters. The molecule has 0 aliphatic heterocycles. The first-order valence-corrected chi connectivity index (χ1v) is 10.0. The van der Waals surface area contributed by atoms with E-state index < -0.39 is 0 Å². The van der Waals surface area contributed by atoms with Crippen molar-refractivity contribution in [2.24, 2.45) is 4.99 Å². The molecule has 0 spiro atoms. The van der Waals surface area contributed by atoms with Gasteiger partial charge < -0.3 is 20.7 Å². The summed E-state index contributed by atoms with van der Waals surface area (Å²) in [6, 6.07) is 13.9. The molecular weight excluding hydrogens is 364 g/mol. The maximum atomic E-state index is 12.1. The van der Waals surface area contributed by atoms with Crippen LogP contribution in [-0.2, 0) is 13.0 Å². The second-order valence-electron chi connectivity index (χ2n) is 6.86. The van der Waals surface area contributed by atoms with Gasteiger partial charge in [-0.3, -0.25) is 9.79 Å². The van der Waals surface area contributed by atoms with Crippen molar-refractivity contribution in [2.75, 3.05) is 27.2 Å². The second-order valence-corrected chi connectivity index (χ2v) is 6.86. The third kappa shape index (κ3) is 7.14. The number of methoxy groups -OCH3 is 1. The van der Waals surface area contributed by atoms with E-state index in [1.54, 1.807) is 14.2 Å². The van der Waals surface area contributed by atoms with Gasteiger partial charge in [-0.05, 0) is 54.7 Å². The van der Waals surface area contributed by atoms with E-state index in [9.17, 15) is 4.79 Å². The van der Waals surface area contributed by atoms with Gasteiger partial charge in [-0.1, -0.05) is 31.2 Å². The van der Waals surface area contributed by atoms with Crippen LogP contribution in [0.3, 0.4) is 0 Å². The number of carbonyl (C=O) groups is 1. The number of carbonyl (C=O) groups excluding carboxylic acids is 1. The van der Waals surface area contributed by atoms with Crippen LogP contribution in [0.2, 0.25) is 0 Å². The zero-order valence-corrected chi connectivity index (χ0v) is 17.8. The summed E-state index contributed by atoms with van der Waals surface area (Å²) in [6.45, 7) is 6.10. The average Bonchev–Trinajstić information content (AvgIpc) is 2.75. The van der Waals surface area contributed by atoms with Gasteiger partial charge in [-0.2, -0.15) is 0 Å². The zero-order valence-electron chi connectivity index (χ0n) is 17.8. The quantitative estimate of drug-likeness (QED) is 0.450. The van der Waals surface area contributed by atoms with Crippen LogP contribution in [0.4, 0.5) is 0 Å². The van der Waals surface area contributed by atoms with Gasteiger partial charge in [0.05, 0.1) is 7.11 Å². The van der Waals surface area contributed by atoms with Gasteiger partial charge in [0.2, 0.25) is 0 Å². The van der Waals surface area contributed by atoms with Crippen molar-refractivity contribution < 1.29 is 9.53 Å². The van der Waals surface area contributed by atoms with Crippen molar-refractivity contribution in [3.8, 4) is 5.75 Å². The molecule has 0 aliphatic rings. The molecule has 0 heterocycles. The molecule has 156 valence electrons. The third-order valence-corrected chi connectivity index (χ3v) is 4.59. The third-order valence-electron chi connectivity index (χ3n) is 4.59. The van der Waals surface area contributed by atoms with E-state index in [1.165, 1.54) is 5.56 Å². The number of guanidine groups is 1. The van der Waals surface area contributed by atoms with Crippen LogP contribution in [0.25, 0.3) is 0 Å². The zero-order chi connectivity index (χ0) is 21.1. The molecule has 0 saturated heterocycles. The molecule has 0 atom stereocenters. The summed E-state index contributed by atoms with van der Waals surface area (Å²) in [5, 5.41) is 9.52. The Morgan fingerprint density at radius 3 is 2.59 bits per heavy atom. The van der Waals surface area contributed by atoms with E-state index in [1.807, 2.05) is 38.1 Å². The minimum Gasteiger partial charge on any atom is -0.496 e. The largest absolute Gasteiger partial charge is 0.496 e. The number of rotatable bonds is 9. The van der Waals surface area contributed by atoms with Crippen molar-refractivity contribution >= 4 is 11.9 Å². The highest BCUT2D eigenvalue weighted by Gasteiger charge is 2.06. The molecule has 0 bridgehead atoms. The molecule has 0 aliphatic carbocycles. The lowest BCUT2D eigenvalue weighted by molar-refractivity contribution is 0.0953. The van der Waals surface area contributed by atoms with Gasteiger partial charge in [-0.25, -0.2) is 0 Å². The Morgan fingerprint density at radius 2 is 1.86 bits per heavy atom. The molecule has 6 nitrogen and oxygen atoms in total. The fraction of sp³-hybridized carbons (Fsp3) is 0.391. The van der Waals surface area contributed by atoms with Crippen molar-refractivity contribution in [3.05, 3.63) is 64.7 Å². The lowest BCUT2D eigenvalue weighted by Crippen LogP contribution is -2.37. The van der Waals surface area contributed by atoms with Crippen molar-refractivity contribution in [1.29, 1.82) is 0 Å². The fourth-order valence-corrected chi connectivity index (χ4v) is 2.91. The van der Waals surface area contributed by atoms with Gasteiger partial charge in [0, 0.05) is 32.2 Å². The number of aryl methyl sites for hydroxylation is 1. The van der Waals surface area contributed by atoms with Crippen LogP contribution >= 0.6 is 0 Å². The van der Waals surface area contributed by atoms with Gasteiger partial charge in [0.15, 0.2) is 5.96 Å². The molecule has 1 amide bonds. The lowest BCUT2D eigenvalue weighted by atomic mass is 10.1. The van der Waals surface area contributed by atoms with Crippen molar-refractivity contribution in [1.82, 2.24) is 16.0 Å². The average molecular weight is 397 g/mol. The van der Waals surface area contributed by atoms with Crippen LogP contribution in [0, 0.1) is 6.92 Å².